The molecule has 0 aromatic carbocycles. The Labute approximate surface area is 75.8 Å². The predicted octanol–water partition coefficient (Wildman–Crippen LogP) is 1.12. The van der Waals surface area contributed by atoms with Gasteiger partial charge in [0.15, 0.2) is 5.78 Å². The summed E-state index contributed by atoms with van der Waals surface area (Å²) in [5, 5.41) is 0. The average Bonchev–Trinajstić information content (AvgIpc) is 2.20. The van der Waals surface area contributed by atoms with Gasteiger partial charge in [-0.2, -0.15) is 0 Å². The van der Waals surface area contributed by atoms with Crippen molar-refractivity contribution in [2.45, 2.75) is 0 Å². The van der Waals surface area contributed by atoms with Crippen LogP contribution in [0.4, 0.5) is 0 Å². The Balaban J connectivity index is 2.41. The van der Waals surface area contributed by atoms with Crippen molar-refractivity contribution < 1.29 is 4.79 Å². The number of rotatable bonds is 1. The summed E-state index contributed by atoms with van der Waals surface area (Å²) in [6.07, 6.45) is 6.75. The second-order valence-electron chi connectivity index (χ2n) is 2.73. The number of carbonyl (C=O) groups is 1. The zero-order valence-electron chi connectivity index (χ0n) is 6.97. The third kappa shape index (κ3) is 1.54. The van der Waals surface area contributed by atoms with E-state index >= 15 is 0 Å². The number of aliphatic imine (C=N–C) groups is 1. The predicted molar refractivity (Wildman–Crippen MR) is 50.6 cm³/mol. The first-order chi connectivity index (χ1) is 6.38. The lowest BCUT2D eigenvalue weighted by Gasteiger charge is -2.06. The lowest BCUT2D eigenvalue weighted by atomic mass is 10.0. The Kier molecular flexibility index (Phi) is 2.00. The van der Waals surface area contributed by atoms with Crippen LogP contribution in [-0.2, 0) is 4.79 Å². The van der Waals surface area contributed by atoms with Crippen molar-refractivity contribution in [3.63, 3.8) is 0 Å². The fourth-order valence-electron chi connectivity index (χ4n) is 1.22. The summed E-state index contributed by atoms with van der Waals surface area (Å²) < 4.78 is 0. The molecular formula is C10H8N2O. The van der Waals surface area contributed by atoms with Crippen LogP contribution in [0.25, 0.3) is 5.57 Å². The van der Waals surface area contributed by atoms with E-state index in [1.165, 1.54) is 0 Å². The Morgan fingerprint density at radius 3 is 3.00 bits per heavy atom. The quantitative estimate of drug-likeness (QED) is 0.637. The molecule has 3 heteroatoms. The van der Waals surface area contributed by atoms with Gasteiger partial charge in [-0.05, 0) is 12.1 Å². The normalized spacial score (nSPS) is 15.7. The summed E-state index contributed by atoms with van der Waals surface area (Å²) in [4.78, 5) is 19.2. The number of Topliss-reactive ketones (excluding diaryl/α,β-unsaturated/α-hetero) is 1. The molecule has 1 aliphatic heterocycles. The molecule has 64 valence electrons. The molecule has 0 saturated heterocycles. The Morgan fingerprint density at radius 2 is 2.31 bits per heavy atom. The van der Waals surface area contributed by atoms with Crippen LogP contribution in [0, 0.1) is 0 Å². The molecule has 0 fully saturated rings. The van der Waals surface area contributed by atoms with E-state index in [9.17, 15) is 4.79 Å². The lowest BCUT2D eigenvalue weighted by Crippen LogP contribution is -2.09. The van der Waals surface area contributed by atoms with E-state index in [1.807, 2.05) is 12.1 Å². The van der Waals surface area contributed by atoms with Crippen LogP contribution >= 0.6 is 0 Å². The number of pyridine rings is 1. The largest absolute Gasteiger partial charge is 0.292 e. The molecule has 0 radical (unpaired) electrons. The van der Waals surface area contributed by atoms with Gasteiger partial charge in [0, 0.05) is 29.7 Å². The molecule has 0 bridgehead atoms. The Bertz CT molecular complexity index is 379. The van der Waals surface area contributed by atoms with Crippen molar-refractivity contribution in [2.75, 3.05) is 6.54 Å². The van der Waals surface area contributed by atoms with E-state index in [4.69, 9.17) is 0 Å². The van der Waals surface area contributed by atoms with Gasteiger partial charge < -0.3 is 0 Å². The van der Waals surface area contributed by atoms with Crippen LogP contribution in [0.5, 0.6) is 0 Å². The van der Waals surface area contributed by atoms with Gasteiger partial charge in [-0.15, -0.1) is 0 Å². The monoisotopic (exact) mass is 172 g/mol. The van der Waals surface area contributed by atoms with Crippen molar-refractivity contribution >= 4 is 17.6 Å². The molecule has 3 nitrogen and oxygen atoms in total. The third-order valence-electron chi connectivity index (χ3n) is 1.85. The van der Waals surface area contributed by atoms with Crippen molar-refractivity contribution in [3.05, 3.63) is 36.2 Å². The van der Waals surface area contributed by atoms with Gasteiger partial charge in [-0.25, -0.2) is 0 Å². The lowest BCUT2D eigenvalue weighted by molar-refractivity contribution is -0.112. The molecular weight excluding hydrogens is 164 g/mol. The number of carbonyl (C=O) groups excluding carboxylic acids is 1. The molecule has 0 N–H and O–H groups in total. The van der Waals surface area contributed by atoms with E-state index in [1.54, 1.807) is 24.7 Å². The van der Waals surface area contributed by atoms with Gasteiger partial charge in [0.05, 0.1) is 0 Å². The Morgan fingerprint density at radius 1 is 1.38 bits per heavy atom. The van der Waals surface area contributed by atoms with Crippen LogP contribution in [0.2, 0.25) is 0 Å². The number of dihydropyridines is 1. The number of hydrogen-bond donors (Lipinski definition) is 0. The highest BCUT2D eigenvalue weighted by Crippen LogP contribution is 2.15. The summed E-state index contributed by atoms with van der Waals surface area (Å²) in [5.74, 6) is 0.0514. The molecule has 2 heterocycles. The number of nitrogens with zero attached hydrogens (tertiary/aromatic N) is 2. The molecule has 0 unspecified atom stereocenters. The maximum Gasteiger partial charge on any atom is 0.184 e. The minimum absolute atomic E-state index is 0.0514. The minimum atomic E-state index is 0.0514. The van der Waals surface area contributed by atoms with Gasteiger partial charge in [0.25, 0.3) is 0 Å². The van der Waals surface area contributed by atoms with Crippen molar-refractivity contribution in [1.82, 2.24) is 4.98 Å². The van der Waals surface area contributed by atoms with Crippen LogP contribution in [0.15, 0.2) is 35.6 Å². The first-order valence-electron chi connectivity index (χ1n) is 4.01. The summed E-state index contributed by atoms with van der Waals surface area (Å²) in [6, 6.07) is 3.69. The van der Waals surface area contributed by atoms with Gasteiger partial charge in [-0.3, -0.25) is 14.8 Å². The van der Waals surface area contributed by atoms with E-state index < -0.39 is 0 Å². The number of allylic oxidation sites excluding steroid dienone is 1. The summed E-state index contributed by atoms with van der Waals surface area (Å²) in [7, 11) is 0. The zero-order valence-corrected chi connectivity index (χ0v) is 6.97. The first kappa shape index (κ1) is 7.86. The summed E-state index contributed by atoms with van der Waals surface area (Å²) >= 11 is 0. The van der Waals surface area contributed by atoms with Crippen LogP contribution in [0.1, 0.15) is 5.56 Å². The van der Waals surface area contributed by atoms with Crippen molar-refractivity contribution in [1.29, 1.82) is 0 Å². The first-order valence-corrected chi connectivity index (χ1v) is 4.01. The van der Waals surface area contributed by atoms with Crippen molar-refractivity contribution in [2.24, 2.45) is 4.99 Å². The SMILES string of the molecule is O=C1CN=CC=C1c1cccnc1. The van der Waals surface area contributed by atoms with E-state index in [0.29, 0.717) is 5.57 Å². The van der Waals surface area contributed by atoms with Gasteiger partial charge in [0.1, 0.15) is 6.54 Å². The minimum Gasteiger partial charge on any atom is -0.292 e. The molecule has 1 aromatic heterocycles. The van der Waals surface area contributed by atoms with E-state index in [0.717, 1.165) is 5.56 Å². The van der Waals surface area contributed by atoms with Crippen LogP contribution < -0.4 is 0 Å². The topological polar surface area (TPSA) is 42.3 Å². The van der Waals surface area contributed by atoms with Gasteiger partial charge >= 0.3 is 0 Å². The van der Waals surface area contributed by atoms with Crippen LogP contribution in [-0.4, -0.2) is 23.5 Å². The number of aromatic nitrogens is 1. The molecule has 0 amide bonds. The van der Waals surface area contributed by atoms with Crippen molar-refractivity contribution in [3.8, 4) is 0 Å². The molecule has 0 spiro atoms. The Hall–Kier alpha value is -1.77. The van der Waals surface area contributed by atoms with E-state index in [2.05, 4.69) is 9.98 Å². The highest BCUT2D eigenvalue weighted by atomic mass is 16.1. The molecule has 2 rings (SSSR count). The number of ketones is 1. The molecule has 13 heavy (non-hydrogen) atoms. The highest BCUT2D eigenvalue weighted by molar-refractivity contribution is 6.25. The summed E-state index contributed by atoms with van der Waals surface area (Å²) in [6.45, 7) is 0.251. The second-order valence-corrected chi connectivity index (χ2v) is 2.73. The zero-order chi connectivity index (χ0) is 9.10. The average molecular weight is 172 g/mol. The van der Waals surface area contributed by atoms with Crippen LogP contribution in [0.3, 0.4) is 0 Å². The molecule has 0 saturated carbocycles. The van der Waals surface area contributed by atoms with E-state index in [-0.39, 0.29) is 12.3 Å². The van der Waals surface area contributed by atoms with Gasteiger partial charge in [0.2, 0.25) is 0 Å². The smallest absolute Gasteiger partial charge is 0.184 e. The second kappa shape index (κ2) is 3.31. The molecule has 1 aliphatic rings. The third-order valence-corrected chi connectivity index (χ3v) is 1.85. The highest BCUT2D eigenvalue weighted by Gasteiger charge is 2.12. The maximum atomic E-state index is 11.4. The molecule has 1 aromatic rings. The fourth-order valence-corrected chi connectivity index (χ4v) is 1.22. The summed E-state index contributed by atoms with van der Waals surface area (Å²) in [5.41, 5.74) is 1.56. The van der Waals surface area contributed by atoms with Gasteiger partial charge in [-0.1, -0.05) is 6.07 Å². The molecule has 0 aliphatic carbocycles. The molecule has 0 atom stereocenters. The maximum absolute atomic E-state index is 11.4. The fraction of sp³-hybridized carbons (Fsp3) is 0.100. The standard InChI is InChI=1S/C10H8N2O/c13-10-7-12-5-3-9(10)8-2-1-4-11-6-8/h1-6H,7H2. The number of hydrogen-bond acceptors (Lipinski definition) is 3.